The highest BCUT2D eigenvalue weighted by Gasteiger charge is 2.12. The molecule has 0 fully saturated rings. The van der Waals surface area contributed by atoms with Gasteiger partial charge in [0.2, 0.25) is 5.95 Å². The molecule has 2 N–H and O–H groups in total. The number of nitrogens with one attached hydrogen (secondary N) is 2. The van der Waals surface area contributed by atoms with Crippen LogP contribution >= 0.6 is 0 Å². The fourth-order valence-electron chi connectivity index (χ4n) is 2.43. The number of nitrogens with zero attached hydrogens (tertiary/aromatic N) is 3. The van der Waals surface area contributed by atoms with Gasteiger partial charge in [0.25, 0.3) is 5.91 Å². The highest BCUT2D eigenvalue weighted by atomic mass is 16.5. The molecule has 3 aromatic rings. The summed E-state index contributed by atoms with van der Waals surface area (Å²) in [6.45, 7) is 0. The number of hydrogen-bond acceptors (Lipinski definition) is 7. The Labute approximate surface area is 161 Å². The molecule has 0 atom stereocenters. The number of carbonyl (C=O) groups excluding carboxylic acids is 1. The second-order valence-electron chi connectivity index (χ2n) is 5.60. The molecule has 0 unspecified atom stereocenters. The van der Waals surface area contributed by atoms with E-state index in [0.29, 0.717) is 28.4 Å². The van der Waals surface area contributed by atoms with Crippen LogP contribution in [0.2, 0.25) is 0 Å². The van der Waals surface area contributed by atoms with Crippen LogP contribution in [0.15, 0.2) is 54.7 Å². The lowest BCUT2D eigenvalue weighted by Crippen LogP contribution is -2.15. The fraction of sp³-hybridized carbons (Fsp3) is 0.100. The molecule has 0 bridgehead atoms. The van der Waals surface area contributed by atoms with Crippen LogP contribution in [-0.4, -0.2) is 30.1 Å². The molecule has 3 rings (SSSR count). The van der Waals surface area contributed by atoms with Crippen molar-refractivity contribution in [2.24, 2.45) is 0 Å². The number of hydrogen-bond donors (Lipinski definition) is 2. The number of aromatic nitrogens is 2. The minimum Gasteiger partial charge on any atom is -0.497 e. The Hall–Kier alpha value is -4.12. The van der Waals surface area contributed by atoms with Crippen LogP contribution in [-0.2, 0) is 0 Å². The molecular weight excluding hydrogens is 358 g/mol. The highest BCUT2D eigenvalue weighted by Crippen LogP contribution is 2.30. The molecule has 0 radical (unpaired) electrons. The molecule has 0 saturated heterocycles. The van der Waals surface area contributed by atoms with Crippen LogP contribution in [0.4, 0.5) is 17.3 Å². The van der Waals surface area contributed by atoms with Crippen molar-refractivity contribution in [3.05, 3.63) is 66.0 Å². The maximum absolute atomic E-state index is 12.5. The molecule has 0 spiro atoms. The molecule has 0 aliphatic heterocycles. The van der Waals surface area contributed by atoms with E-state index in [9.17, 15) is 4.79 Å². The first-order valence-electron chi connectivity index (χ1n) is 8.26. The number of carbonyl (C=O) groups is 1. The molecule has 1 aromatic heterocycles. The lowest BCUT2D eigenvalue weighted by atomic mass is 10.2. The third-order valence-corrected chi connectivity index (χ3v) is 3.79. The van der Waals surface area contributed by atoms with E-state index in [1.165, 1.54) is 12.3 Å². The molecule has 2 aromatic carbocycles. The van der Waals surface area contributed by atoms with Gasteiger partial charge in [-0.3, -0.25) is 4.79 Å². The topological polar surface area (TPSA) is 109 Å². The lowest BCUT2D eigenvalue weighted by Gasteiger charge is -2.12. The normalized spacial score (nSPS) is 9.89. The third kappa shape index (κ3) is 4.34. The Morgan fingerprint density at radius 2 is 1.96 bits per heavy atom. The van der Waals surface area contributed by atoms with Crippen molar-refractivity contribution in [3.8, 4) is 17.6 Å². The van der Waals surface area contributed by atoms with Gasteiger partial charge in [0.1, 0.15) is 17.2 Å². The molecule has 0 saturated carbocycles. The summed E-state index contributed by atoms with van der Waals surface area (Å²) in [6.07, 6.45) is 1.48. The van der Waals surface area contributed by atoms with Crippen molar-refractivity contribution in [3.63, 3.8) is 0 Å². The molecular formula is C20H17N5O3. The predicted octanol–water partition coefficient (Wildman–Crippen LogP) is 3.36. The third-order valence-electron chi connectivity index (χ3n) is 3.79. The average molecular weight is 375 g/mol. The number of methoxy groups -OCH3 is 2. The molecule has 1 heterocycles. The van der Waals surface area contributed by atoms with Gasteiger partial charge in [-0.25, -0.2) is 9.97 Å². The summed E-state index contributed by atoms with van der Waals surface area (Å²) in [4.78, 5) is 20.8. The zero-order valence-electron chi connectivity index (χ0n) is 15.3. The van der Waals surface area contributed by atoms with Crippen LogP contribution in [0.25, 0.3) is 0 Å². The minimum absolute atomic E-state index is 0.173. The van der Waals surface area contributed by atoms with Crippen LogP contribution in [0.5, 0.6) is 11.5 Å². The van der Waals surface area contributed by atoms with E-state index in [1.54, 1.807) is 56.7 Å². The predicted molar refractivity (Wildman–Crippen MR) is 104 cm³/mol. The maximum atomic E-state index is 12.5. The van der Waals surface area contributed by atoms with E-state index in [-0.39, 0.29) is 11.6 Å². The summed E-state index contributed by atoms with van der Waals surface area (Å²) in [6, 6.07) is 15.4. The number of ether oxygens (including phenoxy) is 2. The Balaban J connectivity index is 1.78. The first-order chi connectivity index (χ1) is 13.6. The van der Waals surface area contributed by atoms with E-state index in [4.69, 9.17) is 14.7 Å². The summed E-state index contributed by atoms with van der Waals surface area (Å²) < 4.78 is 10.5. The minimum atomic E-state index is -0.415. The fourth-order valence-corrected chi connectivity index (χ4v) is 2.43. The number of amides is 1. The molecule has 0 aliphatic carbocycles. The summed E-state index contributed by atoms with van der Waals surface area (Å²) in [5.74, 6) is 1.02. The van der Waals surface area contributed by atoms with Crippen molar-refractivity contribution >= 4 is 23.2 Å². The van der Waals surface area contributed by atoms with Crippen molar-refractivity contribution in [1.82, 2.24) is 9.97 Å². The Kier molecular flexibility index (Phi) is 5.67. The molecule has 0 aliphatic rings. The Morgan fingerprint density at radius 1 is 1.11 bits per heavy atom. The van der Waals surface area contributed by atoms with Gasteiger partial charge in [-0.05, 0) is 36.4 Å². The number of nitriles is 1. The average Bonchev–Trinajstić information content (AvgIpc) is 2.74. The Morgan fingerprint density at radius 3 is 2.71 bits per heavy atom. The zero-order valence-corrected chi connectivity index (χ0v) is 15.3. The van der Waals surface area contributed by atoms with Gasteiger partial charge in [0.05, 0.1) is 31.5 Å². The van der Waals surface area contributed by atoms with Crippen molar-refractivity contribution < 1.29 is 14.3 Å². The summed E-state index contributed by atoms with van der Waals surface area (Å²) in [5.41, 5.74) is 1.76. The van der Waals surface area contributed by atoms with Crippen molar-refractivity contribution in [1.29, 1.82) is 5.26 Å². The van der Waals surface area contributed by atoms with Crippen LogP contribution in [0.3, 0.4) is 0 Å². The first kappa shape index (κ1) is 18.7. The van der Waals surface area contributed by atoms with Crippen molar-refractivity contribution in [2.45, 2.75) is 0 Å². The second kappa shape index (κ2) is 8.51. The van der Waals surface area contributed by atoms with Crippen LogP contribution < -0.4 is 20.1 Å². The van der Waals surface area contributed by atoms with Crippen molar-refractivity contribution in [2.75, 3.05) is 24.9 Å². The van der Waals surface area contributed by atoms with Gasteiger partial charge in [0, 0.05) is 18.0 Å². The zero-order chi connectivity index (χ0) is 19.9. The highest BCUT2D eigenvalue weighted by molar-refractivity contribution is 6.03. The van der Waals surface area contributed by atoms with Gasteiger partial charge < -0.3 is 20.1 Å². The van der Waals surface area contributed by atoms with Gasteiger partial charge in [-0.2, -0.15) is 5.26 Å². The lowest BCUT2D eigenvalue weighted by molar-refractivity contribution is 0.102. The van der Waals surface area contributed by atoms with E-state index >= 15 is 0 Å². The standard InChI is InChI=1S/C20H17N5O3/c1-27-15-6-7-16(18(11-15)28-2)24-20-22-9-8-17(25-20)19(26)23-14-5-3-4-13(10-14)12-21/h3-11H,1-2H3,(H,23,26)(H,22,24,25). The molecule has 1 amide bonds. The summed E-state index contributed by atoms with van der Waals surface area (Å²) in [5, 5.41) is 14.7. The molecule has 140 valence electrons. The van der Waals surface area contributed by atoms with Gasteiger partial charge in [-0.1, -0.05) is 6.07 Å². The molecule has 8 heteroatoms. The molecule has 8 nitrogen and oxygen atoms in total. The quantitative estimate of drug-likeness (QED) is 0.680. The van der Waals surface area contributed by atoms with E-state index in [1.807, 2.05) is 6.07 Å². The van der Waals surface area contributed by atoms with Gasteiger partial charge in [0.15, 0.2) is 0 Å². The van der Waals surface area contributed by atoms with E-state index in [2.05, 4.69) is 20.6 Å². The Bertz CT molecular complexity index is 1050. The number of benzene rings is 2. The summed E-state index contributed by atoms with van der Waals surface area (Å²) >= 11 is 0. The maximum Gasteiger partial charge on any atom is 0.274 e. The first-order valence-corrected chi connectivity index (χ1v) is 8.26. The monoisotopic (exact) mass is 375 g/mol. The van der Waals surface area contributed by atoms with Gasteiger partial charge in [-0.15, -0.1) is 0 Å². The van der Waals surface area contributed by atoms with E-state index in [0.717, 1.165) is 0 Å². The largest absolute Gasteiger partial charge is 0.497 e. The molecule has 28 heavy (non-hydrogen) atoms. The van der Waals surface area contributed by atoms with Crippen LogP contribution in [0, 0.1) is 11.3 Å². The SMILES string of the molecule is COc1ccc(Nc2nccc(C(=O)Nc3cccc(C#N)c3)n2)c(OC)c1. The number of anilines is 3. The second-order valence-corrected chi connectivity index (χ2v) is 5.60. The van der Waals surface area contributed by atoms with Gasteiger partial charge >= 0.3 is 0 Å². The smallest absolute Gasteiger partial charge is 0.274 e. The number of rotatable bonds is 6. The summed E-state index contributed by atoms with van der Waals surface area (Å²) in [7, 11) is 3.11. The van der Waals surface area contributed by atoms with E-state index < -0.39 is 5.91 Å². The van der Waals surface area contributed by atoms with Crippen LogP contribution in [0.1, 0.15) is 16.1 Å².